The maximum atomic E-state index is 13.0. The van der Waals surface area contributed by atoms with Crippen molar-refractivity contribution >= 4 is 17.5 Å². The maximum Gasteiger partial charge on any atom is 0.256 e. The van der Waals surface area contributed by atoms with Crippen LogP contribution in [-0.4, -0.2) is 69.4 Å². The second-order valence-electron chi connectivity index (χ2n) is 7.32. The predicted octanol–water partition coefficient (Wildman–Crippen LogP) is 1.24. The summed E-state index contributed by atoms with van der Waals surface area (Å²) < 4.78 is 1.72. The Morgan fingerprint density at radius 2 is 1.96 bits per heavy atom. The average molecular weight is 370 g/mol. The summed E-state index contributed by atoms with van der Waals surface area (Å²) in [6, 6.07) is 1.89. The number of amides is 2. The molecular formula is C19H26N6O2. The Morgan fingerprint density at radius 3 is 2.74 bits per heavy atom. The molecule has 1 atom stereocenters. The minimum Gasteiger partial charge on any atom is -0.355 e. The van der Waals surface area contributed by atoms with Crippen LogP contribution in [0.5, 0.6) is 0 Å². The van der Waals surface area contributed by atoms with Gasteiger partial charge in [-0.25, -0.2) is 9.50 Å². The Balaban J connectivity index is 1.64. The van der Waals surface area contributed by atoms with Crippen LogP contribution < -0.4 is 5.32 Å². The molecule has 2 aliphatic rings. The summed E-state index contributed by atoms with van der Waals surface area (Å²) in [5, 5.41) is 7.03. The Bertz CT molecular complexity index is 842. The molecule has 2 aromatic heterocycles. The van der Waals surface area contributed by atoms with Gasteiger partial charge in [0, 0.05) is 19.8 Å². The number of piperidine rings is 1. The van der Waals surface area contributed by atoms with Gasteiger partial charge in [-0.15, -0.1) is 0 Å². The summed E-state index contributed by atoms with van der Waals surface area (Å²) in [5.41, 5.74) is 1.90. The van der Waals surface area contributed by atoms with Crippen molar-refractivity contribution in [2.24, 2.45) is 0 Å². The quantitative estimate of drug-likeness (QED) is 0.876. The number of likely N-dealkylation sites (tertiary alicyclic amines) is 2. The number of rotatable bonds is 4. The second kappa shape index (κ2) is 7.64. The van der Waals surface area contributed by atoms with Crippen molar-refractivity contribution in [2.45, 2.75) is 38.1 Å². The third-order valence-electron chi connectivity index (χ3n) is 5.62. The van der Waals surface area contributed by atoms with Crippen LogP contribution in [0, 0.1) is 0 Å². The molecule has 0 aliphatic carbocycles. The highest BCUT2D eigenvalue weighted by Gasteiger charge is 2.31. The first-order chi connectivity index (χ1) is 13.2. The molecule has 0 aromatic carbocycles. The van der Waals surface area contributed by atoms with Gasteiger partial charge in [-0.1, -0.05) is 0 Å². The number of carbonyl (C=O) groups excluding carboxylic acids is 2. The van der Waals surface area contributed by atoms with Crippen molar-refractivity contribution in [1.29, 1.82) is 0 Å². The number of carbonyl (C=O) groups is 2. The molecule has 8 heteroatoms. The molecule has 0 bridgehead atoms. The fraction of sp³-hybridized carbons (Fsp3) is 0.579. The van der Waals surface area contributed by atoms with Gasteiger partial charge in [-0.05, 0) is 51.3 Å². The lowest BCUT2D eigenvalue weighted by atomic mass is 9.98. The van der Waals surface area contributed by atoms with Crippen LogP contribution >= 0.6 is 0 Å². The number of hydrogen-bond donors (Lipinski definition) is 1. The summed E-state index contributed by atoms with van der Waals surface area (Å²) in [6.07, 6.45) is 8.61. The van der Waals surface area contributed by atoms with Gasteiger partial charge >= 0.3 is 0 Å². The lowest BCUT2D eigenvalue weighted by molar-refractivity contribution is -0.136. The molecule has 2 aliphatic heterocycles. The standard InChI is InChI=1S/C19H26N6O2/c1-20-19(27)14-12-22-25-16(7-8-21-18(14)25)15-6-2-3-11-24(15)17(26)13-23-9-4-5-10-23/h7-8,12,15H,2-6,9-11,13H2,1H3,(H,20,27)/t15-/m1/s1. The molecule has 0 spiro atoms. The van der Waals surface area contributed by atoms with Crippen LogP contribution in [0.3, 0.4) is 0 Å². The van der Waals surface area contributed by atoms with E-state index in [1.54, 1.807) is 24.0 Å². The van der Waals surface area contributed by atoms with Crippen molar-refractivity contribution in [3.05, 3.63) is 29.7 Å². The topological polar surface area (TPSA) is 82.8 Å². The highest BCUT2D eigenvalue weighted by molar-refractivity contribution is 5.99. The van der Waals surface area contributed by atoms with Gasteiger partial charge in [0.25, 0.3) is 5.91 Å². The first kappa shape index (κ1) is 17.9. The highest BCUT2D eigenvalue weighted by Crippen LogP contribution is 2.31. The van der Waals surface area contributed by atoms with Gasteiger partial charge in [0.1, 0.15) is 5.56 Å². The molecule has 2 aromatic rings. The largest absolute Gasteiger partial charge is 0.355 e. The first-order valence-electron chi connectivity index (χ1n) is 9.75. The van der Waals surface area contributed by atoms with Gasteiger partial charge in [-0.2, -0.15) is 5.10 Å². The zero-order valence-corrected chi connectivity index (χ0v) is 15.7. The number of nitrogens with zero attached hydrogens (tertiary/aromatic N) is 5. The lowest BCUT2D eigenvalue weighted by Gasteiger charge is -2.36. The smallest absolute Gasteiger partial charge is 0.256 e. The van der Waals surface area contributed by atoms with Crippen LogP contribution in [0.1, 0.15) is 54.2 Å². The molecule has 8 nitrogen and oxygen atoms in total. The molecule has 4 heterocycles. The van der Waals surface area contributed by atoms with Gasteiger partial charge in [-0.3, -0.25) is 14.5 Å². The zero-order valence-electron chi connectivity index (χ0n) is 15.7. The van der Waals surface area contributed by atoms with Gasteiger partial charge in [0.2, 0.25) is 5.91 Å². The Morgan fingerprint density at radius 1 is 1.19 bits per heavy atom. The Kier molecular flexibility index (Phi) is 5.07. The predicted molar refractivity (Wildman–Crippen MR) is 100 cm³/mol. The van der Waals surface area contributed by atoms with Crippen molar-refractivity contribution in [1.82, 2.24) is 29.7 Å². The monoisotopic (exact) mass is 370 g/mol. The average Bonchev–Trinajstić information content (AvgIpc) is 3.36. The Hall–Kier alpha value is -2.48. The summed E-state index contributed by atoms with van der Waals surface area (Å²) >= 11 is 0. The number of hydrogen-bond acceptors (Lipinski definition) is 5. The normalized spacial score (nSPS) is 20.9. The van der Waals surface area contributed by atoms with E-state index in [9.17, 15) is 9.59 Å². The van der Waals surface area contributed by atoms with Crippen LogP contribution in [0.4, 0.5) is 0 Å². The molecule has 27 heavy (non-hydrogen) atoms. The van der Waals surface area contributed by atoms with Crippen molar-refractivity contribution in [2.75, 3.05) is 33.2 Å². The minimum absolute atomic E-state index is 0.0307. The van der Waals surface area contributed by atoms with E-state index < -0.39 is 0 Å². The number of fused-ring (bicyclic) bond motifs is 1. The SMILES string of the molecule is CNC(=O)c1cnn2c([C@H]3CCCCN3C(=O)CN3CCCC3)ccnc12. The van der Waals surface area contributed by atoms with E-state index in [4.69, 9.17) is 0 Å². The van der Waals surface area contributed by atoms with E-state index in [0.29, 0.717) is 17.8 Å². The van der Waals surface area contributed by atoms with Crippen LogP contribution in [0.15, 0.2) is 18.5 Å². The van der Waals surface area contributed by atoms with E-state index in [1.165, 1.54) is 12.8 Å². The fourth-order valence-electron chi connectivity index (χ4n) is 4.22. The van der Waals surface area contributed by atoms with Crippen molar-refractivity contribution in [3.63, 3.8) is 0 Å². The summed E-state index contributed by atoms with van der Waals surface area (Å²) in [5.74, 6) is -0.0227. The van der Waals surface area contributed by atoms with E-state index in [2.05, 4.69) is 20.3 Å². The van der Waals surface area contributed by atoms with Gasteiger partial charge in [0.15, 0.2) is 5.65 Å². The third kappa shape index (κ3) is 3.41. The zero-order chi connectivity index (χ0) is 18.8. The second-order valence-corrected chi connectivity index (χ2v) is 7.32. The van der Waals surface area contributed by atoms with Crippen LogP contribution in [0.25, 0.3) is 5.65 Å². The fourth-order valence-corrected chi connectivity index (χ4v) is 4.22. The molecule has 144 valence electrons. The van der Waals surface area contributed by atoms with Crippen LogP contribution in [0.2, 0.25) is 0 Å². The van der Waals surface area contributed by atoms with Crippen LogP contribution in [-0.2, 0) is 4.79 Å². The minimum atomic E-state index is -0.208. The number of aromatic nitrogens is 3. The van der Waals surface area contributed by atoms with E-state index >= 15 is 0 Å². The molecule has 0 radical (unpaired) electrons. The summed E-state index contributed by atoms with van der Waals surface area (Å²) in [6.45, 7) is 3.29. The molecule has 2 amide bonds. The van der Waals surface area contributed by atoms with Crippen molar-refractivity contribution in [3.8, 4) is 0 Å². The lowest BCUT2D eigenvalue weighted by Crippen LogP contribution is -2.44. The molecule has 2 fully saturated rings. The molecule has 2 saturated heterocycles. The van der Waals surface area contributed by atoms with Gasteiger partial charge < -0.3 is 10.2 Å². The van der Waals surface area contributed by atoms with Crippen molar-refractivity contribution < 1.29 is 9.59 Å². The Labute approximate surface area is 158 Å². The molecule has 0 unspecified atom stereocenters. The summed E-state index contributed by atoms with van der Waals surface area (Å²) in [4.78, 5) is 33.7. The van der Waals surface area contributed by atoms with E-state index in [-0.39, 0.29) is 17.9 Å². The molecular weight excluding hydrogens is 344 g/mol. The van der Waals surface area contributed by atoms with E-state index in [0.717, 1.165) is 44.6 Å². The maximum absolute atomic E-state index is 13.0. The van der Waals surface area contributed by atoms with Gasteiger partial charge in [0.05, 0.1) is 24.5 Å². The summed E-state index contributed by atoms with van der Waals surface area (Å²) in [7, 11) is 1.59. The first-order valence-corrected chi connectivity index (χ1v) is 9.75. The van der Waals surface area contributed by atoms with E-state index in [1.807, 2.05) is 11.0 Å². The molecule has 0 saturated carbocycles. The third-order valence-corrected chi connectivity index (χ3v) is 5.62. The molecule has 1 N–H and O–H groups in total. The molecule has 4 rings (SSSR count). The number of nitrogens with one attached hydrogen (secondary N) is 1. The highest BCUT2D eigenvalue weighted by atomic mass is 16.2.